The highest BCUT2D eigenvalue weighted by Gasteiger charge is 2.57. The fraction of sp³-hybridized carbons (Fsp3) is 0.917. The summed E-state index contributed by atoms with van der Waals surface area (Å²) >= 11 is 0. The molecule has 0 aliphatic carbocycles. The number of halogens is 2. The molecule has 2 aliphatic rings. The number of carbonyl (C=O) groups excluding carboxylic acids is 1. The Morgan fingerprint density at radius 2 is 2.00 bits per heavy atom. The van der Waals surface area contributed by atoms with Crippen LogP contribution in [-0.4, -0.2) is 34.6 Å². The molecule has 5 heteroatoms. The van der Waals surface area contributed by atoms with Crippen LogP contribution in [0.15, 0.2) is 0 Å². The molecule has 2 unspecified atom stereocenters. The van der Waals surface area contributed by atoms with E-state index >= 15 is 0 Å². The van der Waals surface area contributed by atoms with Crippen LogP contribution < -0.4 is 0 Å². The summed E-state index contributed by atoms with van der Waals surface area (Å²) in [5.41, 5.74) is -0.636. The van der Waals surface area contributed by atoms with Gasteiger partial charge in [-0.2, -0.15) is 0 Å². The highest BCUT2D eigenvalue weighted by molar-refractivity contribution is 5.70. The first kappa shape index (κ1) is 12.6. The standard InChI is InChI=1S/C12H19F2NO2/c1-11(2,3)17-10(16)15-8-5-4-6-9(15)12(13,14)7-8/h8-9H,4-7H2,1-3H3. The van der Waals surface area contributed by atoms with Gasteiger partial charge >= 0.3 is 6.09 Å². The van der Waals surface area contributed by atoms with Crippen molar-refractivity contribution in [2.75, 3.05) is 0 Å². The van der Waals surface area contributed by atoms with Crippen LogP contribution in [0, 0.1) is 0 Å². The van der Waals surface area contributed by atoms with Crippen molar-refractivity contribution in [2.45, 2.75) is 70.1 Å². The lowest BCUT2D eigenvalue weighted by atomic mass is 10.0. The van der Waals surface area contributed by atoms with E-state index in [9.17, 15) is 13.6 Å². The van der Waals surface area contributed by atoms with Gasteiger partial charge < -0.3 is 4.74 Å². The zero-order chi connectivity index (χ0) is 12.8. The number of nitrogens with zero attached hydrogens (tertiary/aromatic N) is 1. The Morgan fingerprint density at radius 1 is 1.35 bits per heavy atom. The molecule has 0 saturated carbocycles. The zero-order valence-corrected chi connectivity index (χ0v) is 10.5. The minimum Gasteiger partial charge on any atom is -0.444 e. The maximum atomic E-state index is 13.7. The minimum absolute atomic E-state index is 0.211. The van der Waals surface area contributed by atoms with Crippen LogP contribution >= 0.6 is 0 Å². The maximum Gasteiger partial charge on any atom is 0.410 e. The summed E-state index contributed by atoms with van der Waals surface area (Å²) in [5, 5.41) is 0. The summed E-state index contributed by atoms with van der Waals surface area (Å²) in [6, 6.07) is -1.31. The van der Waals surface area contributed by atoms with Gasteiger partial charge in [0.15, 0.2) is 0 Å². The van der Waals surface area contributed by atoms with Crippen LogP contribution in [0.1, 0.15) is 46.5 Å². The van der Waals surface area contributed by atoms with Crippen LogP contribution in [0.3, 0.4) is 0 Å². The van der Waals surface area contributed by atoms with Gasteiger partial charge in [-0.05, 0) is 40.0 Å². The Bertz CT molecular complexity index is 325. The van der Waals surface area contributed by atoms with E-state index in [0.29, 0.717) is 12.8 Å². The van der Waals surface area contributed by atoms with Crippen molar-refractivity contribution in [3.8, 4) is 0 Å². The zero-order valence-electron chi connectivity index (χ0n) is 10.5. The van der Waals surface area contributed by atoms with Gasteiger partial charge in [0, 0.05) is 12.5 Å². The molecule has 2 fully saturated rings. The predicted octanol–water partition coefficient (Wildman–Crippen LogP) is 3.18. The molecule has 0 aromatic rings. The van der Waals surface area contributed by atoms with E-state index in [-0.39, 0.29) is 12.5 Å². The monoisotopic (exact) mass is 247 g/mol. The number of ether oxygens (including phenoxy) is 1. The van der Waals surface area contributed by atoms with E-state index < -0.39 is 23.7 Å². The summed E-state index contributed by atoms with van der Waals surface area (Å²) in [5.74, 6) is -2.75. The normalized spacial score (nSPS) is 31.5. The molecule has 0 aromatic carbocycles. The molecular formula is C12H19F2NO2. The Hall–Kier alpha value is -0.870. The Labute approximate surface area is 100 Å². The second-order valence-electron chi connectivity index (χ2n) is 5.95. The number of amides is 1. The lowest BCUT2D eigenvalue weighted by Gasteiger charge is -2.36. The molecule has 0 radical (unpaired) electrons. The molecule has 98 valence electrons. The van der Waals surface area contributed by atoms with Crippen molar-refractivity contribution < 1.29 is 18.3 Å². The Balaban J connectivity index is 2.14. The van der Waals surface area contributed by atoms with Crippen LogP contribution in [0.2, 0.25) is 0 Å². The Kier molecular flexibility index (Phi) is 2.83. The van der Waals surface area contributed by atoms with Gasteiger partial charge in [-0.3, -0.25) is 4.90 Å². The lowest BCUT2D eigenvalue weighted by molar-refractivity contribution is -0.0471. The van der Waals surface area contributed by atoms with E-state index in [4.69, 9.17) is 4.74 Å². The van der Waals surface area contributed by atoms with Gasteiger partial charge in [0.1, 0.15) is 5.60 Å². The average Bonchev–Trinajstić information content (AvgIpc) is 2.27. The smallest absolute Gasteiger partial charge is 0.410 e. The van der Waals surface area contributed by atoms with Crippen molar-refractivity contribution in [1.82, 2.24) is 4.90 Å². The lowest BCUT2D eigenvalue weighted by Crippen LogP contribution is -2.49. The number of hydrogen-bond donors (Lipinski definition) is 0. The first-order chi connectivity index (χ1) is 7.71. The molecular weight excluding hydrogens is 228 g/mol. The van der Waals surface area contributed by atoms with Crippen LogP contribution in [0.5, 0.6) is 0 Å². The number of fused-ring (bicyclic) bond motifs is 2. The van der Waals surface area contributed by atoms with Gasteiger partial charge in [0.25, 0.3) is 5.92 Å². The van der Waals surface area contributed by atoms with Crippen molar-refractivity contribution >= 4 is 6.09 Å². The first-order valence-corrected chi connectivity index (χ1v) is 6.10. The molecule has 17 heavy (non-hydrogen) atoms. The van der Waals surface area contributed by atoms with Crippen LogP contribution in [0.25, 0.3) is 0 Å². The van der Waals surface area contributed by atoms with Gasteiger partial charge in [-0.25, -0.2) is 13.6 Å². The third kappa shape index (κ3) is 2.38. The molecule has 2 atom stereocenters. The highest BCUT2D eigenvalue weighted by atomic mass is 19.3. The van der Waals surface area contributed by atoms with E-state index in [1.807, 2.05) is 0 Å². The number of carbonyl (C=O) groups is 1. The predicted molar refractivity (Wildman–Crippen MR) is 59.1 cm³/mol. The maximum absolute atomic E-state index is 13.7. The van der Waals surface area contributed by atoms with E-state index in [1.165, 1.54) is 4.90 Å². The number of rotatable bonds is 0. The first-order valence-electron chi connectivity index (χ1n) is 6.10. The molecule has 0 spiro atoms. The van der Waals surface area contributed by atoms with Gasteiger partial charge in [-0.15, -0.1) is 0 Å². The fourth-order valence-corrected chi connectivity index (χ4v) is 2.74. The molecule has 3 nitrogen and oxygen atoms in total. The number of piperidine rings is 1. The SMILES string of the molecule is CC(C)(C)OC(=O)N1C2CCCC1C(F)(F)C2. The van der Waals surface area contributed by atoms with Gasteiger partial charge in [0.2, 0.25) is 0 Å². The van der Waals surface area contributed by atoms with Crippen molar-refractivity contribution in [3.63, 3.8) is 0 Å². The molecule has 2 rings (SSSR count). The largest absolute Gasteiger partial charge is 0.444 e. The van der Waals surface area contributed by atoms with Crippen molar-refractivity contribution in [3.05, 3.63) is 0 Å². The van der Waals surface area contributed by atoms with Crippen molar-refractivity contribution in [1.29, 1.82) is 0 Å². The number of hydrogen-bond acceptors (Lipinski definition) is 2. The van der Waals surface area contributed by atoms with Crippen LogP contribution in [-0.2, 0) is 4.74 Å². The second-order valence-corrected chi connectivity index (χ2v) is 5.95. The molecule has 0 aromatic heterocycles. The molecule has 1 amide bonds. The average molecular weight is 247 g/mol. The molecule has 2 bridgehead atoms. The van der Waals surface area contributed by atoms with Crippen LogP contribution in [0.4, 0.5) is 13.6 Å². The summed E-state index contributed by atoms with van der Waals surface area (Å²) in [6.07, 6.45) is 0.999. The third-order valence-electron chi connectivity index (χ3n) is 3.34. The molecule has 2 aliphatic heterocycles. The van der Waals surface area contributed by atoms with E-state index in [2.05, 4.69) is 0 Å². The number of alkyl halides is 2. The quantitative estimate of drug-likeness (QED) is 0.658. The molecule has 2 saturated heterocycles. The van der Waals surface area contributed by atoms with Crippen molar-refractivity contribution in [2.24, 2.45) is 0 Å². The van der Waals surface area contributed by atoms with E-state index in [0.717, 1.165) is 6.42 Å². The fourth-order valence-electron chi connectivity index (χ4n) is 2.74. The third-order valence-corrected chi connectivity index (χ3v) is 3.34. The summed E-state index contributed by atoms with van der Waals surface area (Å²) in [6.45, 7) is 5.23. The van der Waals surface area contributed by atoms with Gasteiger partial charge in [0.05, 0.1) is 6.04 Å². The topological polar surface area (TPSA) is 29.5 Å². The van der Waals surface area contributed by atoms with Gasteiger partial charge in [-0.1, -0.05) is 0 Å². The summed E-state index contributed by atoms with van der Waals surface area (Å²) < 4.78 is 32.6. The highest BCUT2D eigenvalue weighted by Crippen LogP contribution is 2.45. The molecule has 0 N–H and O–H groups in total. The summed E-state index contributed by atoms with van der Waals surface area (Å²) in [4.78, 5) is 13.2. The Morgan fingerprint density at radius 3 is 2.53 bits per heavy atom. The molecule has 2 heterocycles. The second kappa shape index (κ2) is 3.82. The summed E-state index contributed by atoms with van der Waals surface area (Å²) in [7, 11) is 0. The minimum atomic E-state index is -2.75. The van der Waals surface area contributed by atoms with E-state index in [1.54, 1.807) is 20.8 Å².